The Kier molecular flexibility index (Phi) is 7.49. The number of carbonyl (C=O) groups is 2. The van der Waals surface area contributed by atoms with Crippen molar-refractivity contribution in [1.82, 2.24) is 9.88 Å². The molecule has 170 valence electrons. The fraction of sp³-hybridized carbons (Fsp3) is 0.478. The van der Waals surface area contributed by atoms with E-state index in [1.165, 1.54) is 0 Å². The number of hydrogen-bond donors (Lipinski definition) is 1. The van der Waals surface area contributed by atoms with Crippen LogP contribution in [0.3, 0.4) is 0 Å². The van der Waals surface area contributed by atoms with Crippen molar-refractivity contribution in [2.75, 3.05) is 26.8 Å². The SMILES string of the molecule is CO[C@H]1CN(C(=O)CC#N)C[C@@H]1CCOc1nccc2cc(C(N)=O)c(OC(C)C)cc12. The summed E-state index contributed by atoms with van der Waals surface area (Å²) in [6, 6.07) is 7.09. The van der Waals surface area contributed by atoms with E-state index < -0.39 is 5.91 Å². The number of benzene rings is 1. The number of nitrogens with two attached hydrogens (primary N) is 1. The number of carbonyl (C=O) groups excluding carboxylic acids is 2. The number of nitrogens with zero attached hydrogens (tertiary/aromatic N) is 3. The zero-order chi connectivity index (χ0) is 23.3. The number of hydrogen-bond acceptors (Lipinski definition) is 7. The van der Waals surface area contributed by atoms with Crippen molar-refractivity contribution in [3.63, 3.8) is 0 Å². The van der Waals surface area contributed by atoms with Crippen LogP contribution in [-0.2, 0) is 9.53 Å². The summed E-state index contributed by atoms with van der Waals surface area (Å²) in [5.41, 5.74) is 5.83. The number of methoxy groups -OCH3 is 1. The number of fused-ring (bicyclic) bond motifs is 1. The van der Waals surface area contributed by atoms with Crippen LogP contribution in [0.2, 0.25) is 0 Å². The Morgan fingerprint density at radius 2 is 2.12 bits per heavy atom. The van der Waals surface area contributed by atoms with Gasteiger partial charge in [-0.15, -0.1) is 0 Å². The van der Waals surface area contributed by atoms with Gasteiger partial charge in [0, 0.05) is 37.7 Å². The number of amides is 2. The van der Waals surface area contributed by atoms with Gasteiger partial charge in [-0.1, -0.05) is 0 Å². The van der Waals surface area contributed by atoms with Crippen molar-refractivity contribution in [1.29, 1.82) is 5.26 Å². The van der Waals surface area contributed by atoms with Crippen LogP contribution in [0.25, 0.3) is 10.8 Å². The molecule has 1 aromatic heterocycles. The number of primary amides is 1. The highest BCUT2D eigenvalue weighted by molar-refractivity contribution is 6.01. The van der Waals surface area contributed by atoms with Crippen LogP contribution in [0.5, 0.6) is 11.6 Å². The number of ether oxygens (including phenoxy) is 3. The molecule has 9 heteroatoms. The highest BCUT2D eigenvalue weighted by Crippen LogP contribution is 2.32. The van der Waals surface area contributed by atoms with Gasteiger partial charge in [0.2, 0.25) is 11.8 Å². The first kappa shape index (κ1) is 23.3. The molecule has 2 atom stereocenters. The second kappa shape index (κ2) is 10.3. The Morgan fingerprint density at radius 1 is 1.34 bits per heavy atom. The molecule has 0 bridgehead atoms. The van der Waals surface area contributed by atoms with Crippen LogP contribution in [0.4, 0.5) is 0 Å². The van der Waals surface area contributed by atoms with Gasteiger partial charge in [0.15, 0.2) is 0 Å². The molecule has 0 unspecified atom stereocenters. The molecule has 1 aliphatic heterocycles. The van der Waals surface area contributed by atoms with E-state index in [1.807, 2.05) is 19.9 Å². The summed E-state index contributed by atoms with van der Waals surface area (Å²) in [7, 11) is 1.62. The van der Waals surface area contributed by atoms with Crippen LogP contribution in [0.1, 0.15) is 37.0 Å². The van der Waals surface area contributed by atoms with Crippen LogP contribution >= 0.6 is 0 Å². The second-order valence-electron chi connectivity index (χ2n) is 8.02. The maximum atomic E-state index is 12.0. The van der Waals surface area contributed by atoms with Gasteiger partial charge >= 0.3 is 0 Å². The standard InChI is InChI=1S/C23H28N4O5/c1-14(2)32-19-11-17-15(10-18(19)22(25)29)5-8-26-23(17)31-9-6-16-12-27(13-20(16)30-3)21(28)4-7-24/h5,8,10-11,14,16,20H,4,6,9,12-13H2,1-3H3,(H2,25,29)/t16-,20-/m0/s1. The van der Waals surface area contributed by atoms with E-state index in [4.69, 9.17) is 25.2 Å². The first-order chi connectivity index (χ1) is 15.3. The molecule has 2 N–H and O–H groups in total. The quantitative estimate of drug-likeness (QED) is 0.633. The minimum atomic E-state index is -0.566. The summed E-state index contributed by atoms with van der Waals surface area (Å²) >= 11 is 0. The predicted molar refractivity (Wildman–Crippen MR) is 117 cm³/mol. The van der Waals surface area contributed by atoms with Gasteiger partial charge in [-0.25, -0.2) is 4.98 Å². The molecule has 0 saturated carbocycles. The highest BCUT2D eigenvalue weighted by atomic mass is 16.5. The molecule has 1 saturated heterocycles. The van der Waals surface area contributed by atoms with E-state index in [9.17, 15) is 9.59 Å². The fourth-order valence-corrected chi connectivity index (χ4v) is 3.91. The van der Waals surface area contributed by atoms with Gasteiger partial charge in [-0.3, -0.25) is 9.59 Å². The average molecular weight is 441 g/mol. The Morgan fingerprint density at radius 3 is 2.78 bits per heavy atom. The lowest BCUT2D eigenvalue weighted by Gasteiger charge is -2.17. The van der Waals surface area contributed by atoms with Crippen LogP contribution < -0.4 is 15.2 Å². The molecule has 2 aromatic rings. The molecule has 1 aliphatic rings. The summed E-state index contributed by atoms with van der Waals surface area (Å²) < 4.78 is 17.3. The molecular formula is C23H28N4O5. The molecule has 2 heterocycles. The van der Waals surface area contributed by atoms with Crippen LogP contribution in [-0.4, -0.2) is 60.7 Å². The van der Waals surface area contributed by atoms with Gasteiger partial charge in [0.25, 0.3) is 5.91 Å². The highest BCUT2D eigenvalue weighted by Gasteiger charge is 2.35. The van der Waals surface area contributed by atoms with Gasteiger partial charge < -0.3 is 24.8 Å². The monoisotopic (exact) mass is 440 g/mol. The van der Waals surface area contributed by atoms with Gasteiger partial charge in [0.1, 0.15) is 12.2 Å². The molecule has 0 aliphatic carbocycles. The molecule has 2 amide bonds. The molecule has 9 nitrogen and oxygen atoms in total. The number of rotatable bonds is 9. The number of likely N-dealkylation sites (tertiary alicyclic amines) is 1. The Balaban J connectivity index is 1.74. The molecule has 1 aromatic carbocycles. The van der Waals surface area contributed by atoms with Crippen molar-refractivity contribution in [3.05, 3.63) is 30.0 Å². The summed E-state index contributed by atoms with van der Waals surface area (Å²) in [5, 5.41) is 10.2. The van der Waals surface area contributed by atoms with Gasteiger partial charge in [-0.05, 0) is 43.9 Å². The molecule has 1 fully saturated rings. The maximum absolute atomic E-state index is 12.0. The van der Waals surface area contributed by atoms with E-state index in [0.29, 0.717) is 48.7 Å². The Hall–Kier alpha value is -3.38. The normalized spacial score (nSPS) is 18.0. The first-order valence-corrected chi connectivity index (χ1v) is 10.5. The summed E-state index contributed by atoms with van der Waals surface area (Å²) in [5.74, 6) is 0.163. The van der Waals surface area contributed by atoms with Crippen molar-refractivity contribution in [2.24, 2.45) is 11.7 Å². The molecule has 0 radical (unpaired) electrons. The third-order valence-corrected chi connectivity index (χ3v) is 5.45. The average Bonchev–Trinajstić information content (AvgIpc) is 3.16. The van der Waals surface area contributed by atoms with E-state index in [-0.39, 0.29) is 30.5 Å². The van der Waals surface area contributed by atoms with Crippen molar-refractivity contribution >= 4 is 22.6 Å². The molecule has 32 heavy (non-hydrogen) atoms. The minimum Gasteiger partial charge on any atom is -0.490 e. The topological polar surface area (TPSA) is 128 Å². The van der Waals surface area contributed by atoms with E-state index in [0.717, 1.165) is 5.39 Å². The number of pyridine rings is 1. The molecular weight excluding hydrogens is 412 g/mol. The zero-order valence-electron chi connectivity index (χ0n) is 18.5. The first-order valence-electron chi connectivity index (χ1n) is 10.5. The summed E-state index contributed by atoms with van der Waals surface area (Å²) in [4.78, 5) is 29.9. The lowest BCUT2D eigenvalue weighted by atomic mass is 10.0. The predicted octanol–water partition coefficient (Wildman–Crippen LogP) is 2.28. The molecule has 3 rings (SSSR count). The zero-order valence-corrected chi connectivity index (χ0v) is 18.5. The summed E-state index contributed by atoms with van der Waals surface area (Å²) in [6.45, 7) is 5.11. The lowest BCUT2D eigenvalue weighted by Crippen LogP contribution is -2.29. The largest absolute Gasteiger partial charge is 0.490 e. The van der Waals surface area contributed by atoms with Crippen LogP contribution in [0, 0.1) is 17.2 Å². The maximum Gasteiger partial charge on any atom is 0.252 e. The van der Waals surface area contributed by atoms with Crippen LogP contribution in [0.15, 0.2) is 24.4 Å². The van der Waals surface area contributed by atoms with Gasteiger partial charge in [0.05, 0.1) is 30.4 Å². The fourth-order valence-electron chi connectivity index (χ4n) is 3.91. The minimum absolute atomic E-state index is 0.0962. The molecule has 0 spiro atoms. The van der Waals surface area contributed by atoms with E-state index in [2.05, 4.69) is 4.98 Å². The Labute approximate surface area is 187 Å². The second-order valence-corrected chi connectivity index (χ2v) is 8.02. The number of aromatic nitrogens is 1. The number of nitriles is 1. The third-order valence-electron chi connectivity index (χ3n) is 5.45. The summed E-state index contributed by atoms with van der Waals surface area (Å²) in [6.07, 6.45) is 1.90. The smallest absolute Gasteiger partial charge is 0.252 e. The van der Waals surface area contributed by atoms with E-state index >= 15 is 0 Å². The third kappa shape index (κ3) is 5.26. The van der Waals surface area contributed by atoms with Crippen molar-refractivity contribution < 1.29 is 23.8 Å². The van der Waals surface area contributed by atoms with Crippen molar-refractivity contribution in [3.8, 4) is 17.7 Å². The van der Waals surface area contributed by atoms with Gasteiger partial charge in [-0.2, -0.15) is 5.26 Å². The van der Waals surface area contributed by atoms with Crippen molar-refractivity contribution in [2.45, 2.75) is 38.9 Å². The Bertz CT molecular complexity index is 1030. The van der Waals surface area contributed by atoms with E-state index in [1.54, 1.807) is 36.4 Å². The lowest BCUT2D eigenvalue weighted by molar-refractivity contribution is -0.129.